The lowest BCUT2D eigenvalue weighted by atomic mass is 9.82. The van der Waals surface area contributed by atoms with Crippen LogP contribution in [0.3, 0.4) is 0 Å². The fourth-order valence-corrected chi connectivity index (χ4v) is 3.11. The van der Waals surface area contributed by atoms with Crippen LogP contribution in [0.1, 0.15) is 30.4 Å². The molecule has 0 aromatic heterocycles. The second kappa shape index (κ2) is 6.97. The molecule has 1 amide bonds. The minimum atomic E-state index is -1.18. The van der Waals surface area contributed by atoms with Crippen LogP contribution >= 0.6 is 0 Å². The molecule has 130 valence electrons. The molecular formula is C20H21NO4. The number of carbonyl (C=O) groups is 2. The number of aliphatic carboxylic acids is 1. The van der Waals surface area contributed by atoms with Gasteiger partial charge >= 0.3 is 5.97 Å². The molecule has 5 nitrogen and oxygen atoms in total. The highest BCUT2D eigenvalue weighted by molar-refractivity contribution is 5.87. The van der Waals surface area contributed by atoms with Gasteiger partial charge in [0.15, 0.2) is 0 Å². The van der Waals surface area contributed by atoms with E-state index in [2.05, 4.69) is 5.32 Å². The first-order valence-corrected chi connectivity index (χ1v) is 8.31. The third-order valence-corrected chi connectivity index (χ3v) is 4.77. The fourth-order valence-electron chi connectivity index (χ4n) is 3.11. The average Bonchev–Trinajstić information content (AvgIpc) is 2.66. The smallest absolute Gasteiger partial charge is 0.315 e. The lowest BCUT2D eigenvalue weighted by Crippen LogP contribution is -2.46. The fraction of sp³-hybridized carbons (Fsp3) is 0.300. The molecule has 0 saturated carbocycles. The van der Waals surface area contributed by atoms with E-state index in [1.165, 1.54) is 0 Å². The molecule has 2 atom stereocenters. The van der Waals surface area contributed by atoms with E-state index in [4.69, 9.17) is 4.74 Å². The zero-order chi connectivity index (χ0) is 17.9. The third kappa shape index (κ3) is 3.36. The first kappa shape index (κ1) is 17.0. The Hall–Kier alpha value is -2.82. The predicted molar refractivity (Wildman–Crippen MR) is 93.7 cm³/mol. The lowest BCUT2D eigenvalue weighted by molar-refractivity contribution is -0.143. The van der Waals surface area contributed by atoms with E-state index >= 15 is 0 Å². The summed E-state index contributed by atoms with van der Waals surface area (Å²) in [6, 6.07) is 16.4. The lowest BCUT2D eigenvalue weighted by Gasteiger charge is -2.29. The summed E-state index contributed by atoms with van der Waals surface area (Å²) in [5.74, 6) is -0.734. The highest BCUT2D eigenvalue weighted by Crippen LogP contribution is 2.33. The number of nitrogens with one attached hydrogen (secondary N) is 1. The number of carboxylic acid groups (broad SMARTS) is 1. The van der Waals surface area contributed by atoms with Gasteiger partial charge < -0.3 is 15.2 Å². The largest absolute Gasteiger partial charge is 0.493 e. The van der Waals surface area contributed by atoms with Crippen LogP contribution in [0, 0.1) is 0 Å². The summed E-state index contributed by atoms with van der Waals surface area (Å²) in [7, 11) is 0. The summed E-state index contributed by atoms with van der Waals surface area (Å²) >= 11 is 0. The van der Waals surface area contributed by atoms with Gasteiger partial charge in [-0.15, -0.1) is 0 Å². The van der Waals surface area contributed by atoms with Crippen LogP contribution in [-0.4, -0.2) is 30.1 Å². The van der Waals surface area contributed by atoms with E-state index < -0.39 is 11.4 Å². The van der Waals surface area contributed by atoms with Gasteiger partial charge in [-0.1, -0.05) is 48.5 Å². The number of ether oxygens (including phenoxy) is 1. The van der Waals surface area contributed by atoms with Crippen LogP contribution in [0.5, 0.6) is 5.75 Å². The summed E-state index contributed by atoms with van der Waals surface area (Å²) in [5, 5.41) is 12.5. The van der Waals surface area contributed by atoms with Crippen LogP contribution in [0.25, 0.3) is 0 Å². The molecule has 0 bridgehead atoms. The van der Waals surface area contributed by atoms with Crippen molar-refractivity contribution in [2.24, 2.45) is 0 Å². The molecule has 0 spiro atoms. The van der Waals surface area contributed by atoms with Crippen molar-refractivity contribution in [3.05, 3.63) is 65.7 Å². The van der Waals surface area contributed by atoms with Gasteiger partial charge in [0.1, 0.15) is 11.2 Å². The number of benzene rings is 2. The van der Waals surface area contributed by atoms with Crippen molar-refractivity contribution in [1.82, 2.24) is 5.32 Å². The molecule has 25 heavy (non-hydrogen) atoms. The van der Waals surface area contributed by atoms with Crippen LogP contribution in [0.15, 0.2) is 54.6 Å². The average molecular weight is 339 g/mol. The zero-order valence-corrected chi connectivity index (χ0v) is 14.1. The zero-order valence-electron chi connectivity index (χ0n) is 14.1. The summed E-state index contributed by atoms with van der Waals surface area (Å²) in [4.78, 5) is 24.5. The predicted octanol–water partition coefficient (Wildman–Crippen LogP) is 2.71. The Labute approximate surface area is 146 Å². The monoisotopic (exact) mass is 339 g/mol. The van der Waals surface area contributed by atoms with Crippen LogP contribution in [0.4, 0.5) is 0 Å². The van der Waals surface area contributed by atoms with Gasteiger partial charge in [0.2, 0.25) is 5.91 Å². The van der Waals surface area contributed by atoms with Crippen molar-refractivity contribution in [3.8, 4) is 5.75 Å². The Morgan fingerprint density at radius 2 is 1.84 bits per heavy atom. The van der Waals surface area contributed by atoms with Crippen molar-refractivity contribution in [3.63, 3.8) is 0 Å². The van der Waals surface area contributed by atoms with Crippen molar-refractivity contribution in [2.75, 3.05) is 13.2 Å². The molecule has 0 radical (unpaired) electrons. The molecule has 5 heteroatoms. The van der Waals surface area contributed by atoms with Crippen molar-refractivity contribution in [2.45, 2.75) is 24.7 Å². The van der Waals surface area contributed by atoms with E-state index in [-0.39, 0.29) is 18.4 Å². The van der Waals surface area contributed by atoms with E-state index in [1.54, 1.807) is 31.2 Å². The van der Waals surface area contributed by atoms with Gasteiger partial charge in [0.05, 0.1) is 12.5 Å². The Morgan fingerprint density at radius 3 is 2.56 bits per heavy atom. The molecule has 0 saturated heterocycles. The molecule has 1 aliphatic heterocycles. The highest BCUT2D eigenvalue weighted by atomic mass is 16.5. The quantitative estimate of drug-likeness (QED) is 0.878. The normalized spacial score (nSPS) is 18.4. The van der Waals surface area contributed by atoms with Crippen molar-refractivity contribution >= 4 is 11.9 Å². The van der Waals surface area contributed by atoms with E-state index in [0.717, 1.165) is 11.3 Å². The number of hydrogen-bond donors (Lipinski definition) is 2. The maximum Gasteiger partial charge on any atom is 0.315 e. The number of carboxylic acids is 1. The van der Waals surface area contributed by atoms with Gasteiger partial charge in [-0.05, 0) is 25.0 Å². The Bertz CT molecular complexity index is 774. The summed E-state index contributed by atoms with van der Waals surface area (Å²) in [5.41, 5.74) is 0.333. The third-order valence-electron chi connectivity index (χ3n) is 4.77. The molecule has 0 fully saturated rings. The highest BCUT2D eigenvalue weighted by Gasteiger charge is 2.37. The molecule has 2 aromatic rings. The van der Waals surface area contributed by atoms with E-state index in [0.29, 0.717) is 18.6 Å². The van der Waals surface area contributed by atoms with Gasteiger partial charge in [-0.3, -0.25) is 9.59 Å². The molecule has 1 aliphatic rings. The number of para-hydroxylation sites is 1. The van der Waals surface area contributed by atoms with Gasteiger partial charge in [-0.2, -0.15) is 0 Å². The molecule has 1 heterocycles. The van der Waals surface area contributed by atoms with Gasteiger partial charge in [-0.25, -0.2) is 0 Å². The minimum Gasteiger partial charge on any atom is -0.493 e. The maximum absolute atomic E-state index is 12.7. The SMILES string of the molecule is CC(CNC(=O)C1CCOc2ccccc21)(C(=O)O)c1ccccc1. The minimum absolute atomic E-state index is 0.0324. The Kier molecular flexibility index (Phi) is 4.74. The Morgan fingerprint density at radius 1 is 1.16 bits per heavy atom. The molecule has 2 unspecified atom stereocenters. The molecule has 2 aromatic carbocycles. The molecular weight excluding hydrogens is 318 g/mol. The van der Waals surface area contributed by atoms with Crippen LogP contribution < -0.4 is 10.1 Å². The van der Waals surface area contributed by atoms with Crippen molar-refractivity contribution in [1.29, 1.82) is 0 Å². The number of fused-ring (bicyclic) bond motifs is 1. The van der Waals surface area contributed by atoms with E-state index in [1.807, 2.05) is 30.3 Å². The number of amides is 1. The topological polar surface area (TPSA) is 75.6 Å². The van der Waals surface area contributed by atoms with Crippen molar-refractivity contribution < 1.29 is 19.4 Å². The van der Waals surface area contributed by atoms with Gasteiger partial charge in [0.25, 0.3) is 0 Å². The summed E-state index contributed by atoms with van der Waals surface area (Å²) in [6.45, 7) is 2.14. The van der Waals surface area contributed by atoms with Gasteiger partial charge in [0, 0.05) is 12.1 Å². The maximum atomic E-state index is 12.7. The number of carbonyl (C=O) groups excluding carboxylic acids is 1. The molecule has 3 rings (SSSR count). The first-order valence-electron chi connectivity index (χ1n) is 8.31. The van der Waals surface area contributed by atoms with E-state index in [9.17, 15) is 14.7 Å². The summed E-state index contributed by atoms with van der Waals surface area (Å²) in [6.07, 6.45) is 0.581. The van der Waals surface area contributed by atoms with Crippen LogP contribution in [-0.2, 0) is 15.0 Å². The second-order valence-electron chi connectivity index (χ2n) is 6.45. The summed E-state index contributed by atoms with van der Waals surface area (Å²) < 4.78 is 5.58. The standard InChI is InChI=1S/C20H21NO4/c1-20(19(23)24,14-7-3-2-4-8-14)13-21-18(22)16-11-12-25-17-10-6-5-9-15(16)17/h2-10,16H,11-13H2,1H3,(H,21,22)(H,23,24). The number of hydrogen-bond acceptors (Lipinski definition) is 3. The Balaban J connectivity index is 1.76. The molecule has 0 aliphatic carbocycles. The number of rotatable bonds is 5. The first-order chi connectivity index (χ1) is 12.0. The van der Waals surface area contributed by atoms with Crippen LogP contribution in [0.2, 0.25) is 0 Å². The molecule has 2 N–H and O–H groups in total. The second-order valence-corrected chi connectivity index (χ2v) is 6.45.